The van der Waals surface area contributed by atoms with Gasteiger partial charge in [-0.2, -0.15) is 0 Å². The Bertz CT molecular complexity index is 763. The molecule has 2 heterocycles. The van der Waals surface area contributed by atoms with E-state index in [-0.39, 0.29) is 5.91 Å². The monoisotopic (exact) mass is 374 g/mol. The second kappa shape index (κ2) is 8.36. The van der Waals surface area contributed by atoms with Crippen molar-refractivity contribution in [2.24, 2.45) is 5.92 Å². The number of ether oxygens (including phenoxy) is 1. The third kappa shape index (κ3) is 4.64. The molecule has 0 bridgehead atoms. The highest BCUT2D eigenvalue weighted by Crippen LogP contribution is 2.25. The van der Waals surface area contributed by atoms with Crippen molar-refractivity contribution in [2.75, 3.05) is 23.3 Å². The number of para-hydroxylation sites is 1. The molecule has 1 aromatic heterocycles. The van der Waals surface area contributed by atoms with E-state index < -0.39 is 6.10 Å². The lowest BCUT2D eigenvalue weighted by Gasteiger charge is -2.31. The van der Waals surface area contributed by atoms with E-state index in [9.17, 15) is 4.79 Å². The molecule has 1 saturated heterocycles. The molecule has 26 heavy (non-hydrogen) atoms. The second-order valence-corrected chi connectivity index (χ2v) is 7.02. The fourth-order valence-corrected chi connectivity index (χ4v) is 3.02. The number of benzene rings is 1. The largest absolute Gasteiger partial charge is 0.479 e. The Kier molecular flexibility index (Phi) is 5.93. The Morgan fingerprint density at radius 1 is 1.31 bits per heavy atom. The van der Waals surface area contributed by atoms with E-state index >= 15 is 0 Å². The molecule has 0 radical (unpaired) electrons. The van der Waals surface area contributed by atoms with Crippen LogP contribution in [0, 0.1) is 5.92 Å². The molecule has 6 nitrogen and oxygen atoms in total. The van der Waals surface area contributed by atoms with Gasteiger partial charge in [-0.25, -0.2) is 9.97 Å². The van der Waals surface area contributed by atoms with E-state index in [0.29, 0.717) is 16.6 Å². The summed E-state index contributed by atoms with van der Waals surface area (Å²) in [5.41, 5.74) is 0. The van der Waals surface area contributed by atoms with Gasteiger partial charge in [0.1, 0.15) is 23.7 Å². The Hall–Kier alpha value is -2.34. The molecule has 0 spiro atoms. The summed E-state index contributed by atoms with van der Waals surface area (Å²) < 4.78 is 5.64. The quantitative estimate of drug-likeness (QED) is 0.862. The molecule has 3 rings (SSSR count). The van der Waals surface area contributed by atoms with Gasteiger partial charge in [0, 0.05) is 19.2 Å². The van der Waals surface area contributed by atoms with Gasteiger partial charge in [0.2, 0.25) is 0 Å². The van der Waals surface area contributed by atoms with Gasteiger partial charge < -0.3 is 15.0 Å². The fraction of sp³-hybridized carbons (Fsp3) is 0.421. The maximum absolute atomic E-state index is 12.4. The van der Waals surface area contributed by atoms with Crippen molar-refractivity contribution in [1.29, 1.82) is 0 Å². The molecule has 1 atom stereocenters. The van der Waals surface area contributed by atoms with Gasteiger partial charge in [0.25, 0.3) is 5.91 Å². The first-order chi connectivity index (χ1) is 12.5. The van der Waals surface area contributed by atoms with Crippen LogP contribution in [0.3, 0.4) is 0 Å². The van der Waals surface area contributed by atoms with E-state index in [1.54, 1.807) is 25.1 Å². The number of hydrogen-bond acceptors (Lipinski definition) is 5. The van der Waals surface area contributed by atoms with Crippen LogP contribution in [0.1, 0.15) is 26.7 Å². The van der Waals surface area contributed by atoms with Crippen LogP contribution in [0.15, 0.2) is 36.7 Å². The fourth-order valence-electron chi connectivity index (χ4n) is 2.84. The van der Waals surface area contributed by atoms with E-state index in [0.717, 1.165) is 37.7 Å². The highest BCUT2D eigenvalue weighted by atomic mass is 35.5. The highest BCUT2D eigenvalue weighted by molar-refractivity contribution is 6.32. The summed E-state index contributed by atoms with van der Waals surface area (Å²) in [6, 6.07) is 8.87. The van der Waals surface area contributed by atoms with Crippen LogP contribution in [0.4, 0.5) is 11.6 Å². The number of amides is 1. The summed E-state index contributed by atoms with van der Waals surface area (Å²) in [7, 11) is 0. The maximum Gasteiger partial charge on any atom is 0.266 e. The zero-order chi connectivity index (χ0) is 18.5. The summed E-state index contributed by atoms with van der Waals surface area (Å²) in [6.45, 7) is 5.88. The van der Waals surface area contributed by atoms with Crippen molar-refractivity contribution in [2.45, 2.75) is 32.8 Å². The van der Waals surface area contributed by atoms with Gasteiger partial charge in [0.15, 0.2) is 6.10 Å². The van der Waals surface area contributed by atoms with Crippen molar-refractivity contribution in [3.8, 4) is 5.75 Å². The van der Waals surface area contributed by atoms with Gasteiger partial charge in [-0.3, -0.25) is 4.79 Å². The molecule has 1 N–H and O–H groups in total. The van der Waals surface area contributed by atoms with Crippen molar-refractivity contribution in [3.63, 3.8) is 0 Å². The summed E-state index contributed by atoms with van der Waals surface area (Å²) in [6.07, 6.45) is 3.06. The molecular formula is C19H23ClN4O2. The molecule has 0 aliphatic carbocycles. The molecule has 1 aromatic carbocycles. The minimum atomic E-state index is -0.704. The number of nitrogens with zero attached hydrogens (tertiary/aromatic N) is 3. The van der Waals surface area contributed by atoms with Crippen LogP contribution in [0.2, 0.25) is 5.02 Å². The Morgan fingerprint density at radius 3 is 2.77 bits per heavy atom. The van der Waals surface area contributed by atoms with Gasteiger partial charge >= 0.3 is 0 Å². The molecule has 1 aliphatic rings. The number of piperidine rings is 1. The van der Waals surface area contributed by atoms with Gasteiger partial charge in [-0.15, -0.1) is 0 Å². The van der Waals surface area contributed by atoms with E-state index in [1.165, 1.54) is 6.33 Å². The van der Waals surface area contributed by atoms with Crippen LogP contribution in [-0.2, 0) is 4.79 Å². The van der Waals surface area contributed by atoms with E-state index in [4.69, 9.17) is 16.3 Å². The third-order valence-corrected chi connectivity index (χ3v) is 4.83. The van der Waals surface area contributed by atoms with Crippen LogP contribution in [0.5, 0.6) is 5.75 Å². The lowest BCUT2D eigenvalue weighted by atomic mass is 9.99. The van der Waals surface area contributed by atoms with Crippen molar-refractivity contribution >= 4 is 29.1 Å². The van der Waals surface area contributed by atoms with Crippen LogP contribution < -0.4 is 15.0 Å². The van der Waals surface area contributed by atoms with Crippen molar-refractivity contribution < 1.29 is 9.53 Å². The number of hydrogen-bond donors (Lipinski definition) is 1. The minimum Gasteiger partial charge on any atom is -0.479 e. The zero-order valence-corrected chi connectivity index (χ0v) is 15.7. The molecule has 0 saturated carbocycles. The maximum atomic E-state index is 12.4. The minimum absolute atomic E-state index is 0.290. The third-order valence-electron chi connectivity index (χ3n) is 4.52. The summed E-state index contributed by atoms with van der Waals surface area (Å²) >= 11 is 6.07. The number of carbonyl (C=O) groups excluding carboxylic acids is 1. The first-order valence-electron chi connectivity index (χ1n) is 8.82. The average Bonchev–Trinajstić information content (AvgIpc) is 2.64. The predicted molar refractivity (Wildman–Crippen MR) is 103 cm³/mol. The molecular weight excluding hydrogens is 352 g/mol. The lowest BCUT2D eigenvalue weighted by molar-refractivity contribution is -0.122. The number of aromatic nitrogens is 2. The first kappa shape index (κ1) is 18.5. The molecule has 1 amide bonds. The Morgan fingerprint density at radius 2 is 2.04 bits per heavy atom. The number of halogens is 1. The van der Waals surface area contributed by atoms with Gasteiger partial charge in [0.05, 0.1) is 5.02 Å². The Balaban J connectivity index is 1.62. The van der Waals surface area contributed by atoms with Gasteiger partial charge in [-0.1, -0.05) is 30.7 Å². The lowest BCUT2D eigenvalue weighted by Crippen LogP contribution is -2.34. The van der Waals surface area contributed by atoms with Crippen molar-refractivity contribution in [1.82, 2.24) is 9.97 Å². The summed E-state index contributed by atoms with van der Waals surface area (Å²) in [4.78, 5) is 23.1. The number of anilines is 2. The average molecular weight is 375 g/mol. The summed E-state index contributed by atoms with van der Waals surface area (Å²) in [5, 5.41) is 3.25. The standard InChI is InChI=1S/C19H23ClN4O2/c1-13-7-9-24(10-8-13)18-11-17(21-12-22-18)23-19(25)14(2)26-16-6-4-3-5-15(16)20/h3-6,11-14H,7-10H2,1-2H3,(H,21,22,23,25). The van der Waals surface area contributed by atoms with E-state index in [2.05, 4.69) is 27.1 Å². The predicted octanol–water partition coefficient (Wildman–Crippen LogP) is 3.77. The number of carbonyl (C=O) groups is 1. The number of rotatable bonds is 5. The molecule has 1 fully saturated rings. The molecule has 2 aromatic rings. The normalized spacial score (nSPS) is 16.2. The summed E-state index contributed by atoms with van der Waals surface area (Å²) in [5.74, 6) is 2.23. The van der Waals surface area contributed by atoms with Crippen molar-refractivity contribution in [3.05, 3.63) is 41.7 Å². The second-order valence-electron chi connectivity index (χ2n) is 6.61. The van der Waals surface area contributed by atoms with Crippen LogP contribution in [-0.4, -0.2) is 35.1 Å². The topological polar surface area (TPSA) is 67.4 Å². The smallest absolute Gasteiger partial charge is 0.266 e. The highest BCUT2D eigenvalue weighted by Gasteiger charge is 2.19. The first-order valence-corrected chi connectivity index (χ1v) is 9.20. The molecule has 7 heteroatoms. The van der Waals surface area contributed by atoms with Crippen LogP contribution >= 0.6 is 11.6 Å². The zero-order valence-electron chi connectivity index (χ0n) is 15.0. The molecule has 1 aliphatic heterocycles. The van der Waals surface area contributed by atoms with Gasteiger partial charge in [-0.05, 0) is 37.8 Å². The Labute approximate surface area is 158 Å². The SMILES string of the molecule is CC1CCN(c2cc(NC(=O)C(C)Oc3ccccc3Cl)ncn2)CC1. The molecule has 138 valence electrons. The van der Waals surface area contributed by atoms with E-state index in [1.807, 2.05) is 12.1 Å². The number of nitrogens with one attached hydrogen (secondary N) is 1. The molecule has 1 unspecified atom stereocenters. The van der Waals surface area contributed by atoms with Crippen LogP contribution in [0.25, 0.3) is 0 Å².